The molecular weight excluding hydrogens is 188 g/mol. The second-order valence-electron chi connectivity index (χ2n) is 4.61. The molecule has 0 saturated carbocycles. The molecule has 3 nitrogen and oxygen atoms in total. The van der Waals surface area contributed by atoms with Gasteiger partial charge >= 0.3 is 0 Å². The lowest BCUT2D eigenvalue weighted by molar-refractivity contribution is 0.00985. The Kier molecular flexibility index (Phi) is 2.49. The van der Waals surface area contributed by atoms with Crippen molar-refractivity contribution in [3.63, 3.8) is 0 Å². The highest BCUT2D eigenvalue weighted by Gasteiger charge is 2.22. The summed E-state index contributed by atoms with van der Waals surface area (Å²) in [5.41, 5.74) is 2.66. The Labute approximate surface area is 90.2 Å². The summed E-state index contributed by atoms with van der Waals surface area (Å²) in [7, 11) is 0. The first kappa shape index (κ1) is 9.40. The topological polar surface area (TPSA) is 37.9 Å². The summed E-state index contributed by atoms with van der Waals surface area (Å²) in [4.78, 5) is 8.16. The molecule has 1 saturated heterocycles. The minimum atomic E-state index is 0.240. The average molecular weight is 206 g/mol. The van der Waals surface area contributed by atoms with Crippen LogP contribution in [0, 0.1) is 0 Å². The summed E-state index contributed by atoms with van der Waals surface area (Å²) in [6, 6.07) is 0. The van der Waals surface area contributed by atoms with Crippen molar-refractivity contribution in [3.8, 4) is 0 Å². The summed E-state index contributed by atoms with van der Waals surface area (Å²) in [5, 5.41) is 0. The van der Waals surface area contributed by atoms with E-state index in [-0.39, 0.29) is 6.10 Å². The van der Waals surface area contributed by atoms with Gasteiger partial charge in [0.1, 0.15) is 11.9 Å². The first-order valence-corrected chi connectivity index (χ1v) is 6.13. The molecule has 0 aromatic carbocycles. The van der Waals surface area contributed by atoms with Gasteiger partial charge in [0.25, 0.3) is 0 Å². The van der Waals surface area contributed by atoms with Gasteiger partial charge in [0.05, 0.1) is 5.69 Å². The molecule has 0 spiro atoms. The molecule has 1 atom stereocenters. The van der Waals surface area contributed by atoms with Crippen LogP contribution in [0.2, 0.25) is 0 Å². The van der Waals surface area contributed by atoms with Crippen LogP contribution in [-0.2, 0) is 17.6 Å². The van der Waals surface area contributed by atoms with Crippen molar-refractivity contribution in [1.29, 1.82) is 0 Å². The number of aryl methyl sites for hydroxylation is 2. The van der Waals surface area contributed by atoms with Gasteiger partial charge in [-0.2, -0.15) is 0 Å². The first-order valence-electron chi connectivity index (χ1n) is 6.13. The van der Waals surface area contributed by atoms with Crippen LogP contribution in [0.15, 0.2) is 0 Å². The predicted molar refractivity (Wildman–Crippen MR) is 57.8 cm³/mol. The molecule has 1 N–H and O–H groups in total. The molecule has 2 heterocycles. The number of fused-ring (bicyclic) bond motifs is 1. The smallest absolute Gasteiger partial charge is 0.135 e. The highest BCUT2D eigenvalue weighted by Crippen LogP contribution is 2.28. The zero-order valence-corrected chi connectivity index (χ0v) is 9.09. The lowest BCUT2D eigenvalue weighted by Crippen LogP contribution is -2.12. The van der Waals surface area contributed by atoms with Crippen LogP contribution >= 0.6 is 0 Å². The van der Waals surface area contributed by atoms with E-state index < -0.39 is 0 Å². The molecule has 3 heteroatoms. The molecule has 0 amide bonds. The molecule has 1 aromatic rings. The van der Waals surface area contributed by atoms with Crippen molar-refractivity contribution < 1.29 is 4.74 Å². The van der Waals surface area contributed by atoms with E-state index >= 15 is 0 Å². The zero-order chi connectivity index (χ0) is 10.1. The van der Waals surface area contributed by atoms with Gasteiger partial charge in [0.2, 0.25) is 0 Å². The maximum absolute atomic E-state index is 5.75. The molecule has 1 fully saturated rings. The van der Waals surface area contributed by atoms with Gasteiger partial charge in [-0.15, -0.1) is 0 Å². The Morgan fingerprint density at radius 1 is 1.13 bits per heavy atom. The number of ether oxygens (including phenoxy) is 1. The highest BCUT2D eigenvalue weighted by molar-refractivity contribution is 5.18. The van der Waals surface area contributed by atoms with Gasteiger partial charge in [-0.05, 0) is 44.9 Å². The summed E-state index contributed by atoms with van der Waals surface area (Å²) < 4.78 is 5.75. The molecule has 3 rings (SSSR count). The van der Waals surface area contributed by atoms with Gasteiger partial charge in [-0.25, -0.2) is 4.98 Å². The number of imidazole rings is 1. The van der Waals surface area contributed by atoms with E-state index in [9.17, 15) is 0 Å². The van der Waals surface area contributed by atoms with Crippen LogP contribution in [-0.4, -0.2) is 16.6 Å². The third kappa shape index (κ3) is 1.81. The maximum atomic E-state index is 5.75. The first-order chi connectivity index (χ1) is 7.43. The Morgan fingerprint density at radius 2 is 2.07 bits per heavy atom. The standard InChI is InChI=1S/C12H18N2O/c1-2-6-10-9(5-1)13-12(14-10)11-7-3-4-8-15-11/h11H,1-8H2,(H,13,14). The number of nitrogens with zero attached hydrogens (tertiary/aromatic N) is 1. The van der Waals surface area contributed by atoms with E-state index in [0.29, 0.717) is 0 Å². The third-order valence-electron chi connectivity index (χ3n) is 3.46. The summed E-state index contributed by atoms with van der Waals surface area (Å²) in [6.45, 7) is 0.899. The lowest BCUT2D eigenvalue weighted by Gasteiger charge is -2.20. The third-order valence-corrected chi connectivity index (χ3v) is 3.46. The van der Waals surface area contributed by atoms with Crippen molar-refractivity contribution >= 4 is 0 Å². The lowest BCUT2D eigenvalue weighted by atomic mass is 10.0. The largest absolute Gasteiger partial charge is 0.370 e. The van der Waals surface area contributed by atoms with Crippen LogP contribution in [0.4, 0.5) is 0 Å². The van der Waals surface area contributed by atoms with Gasteiger partial charge in [-0.3, -0.25) is 0 Å². The number of nitrogens with one attached hydrogen (secondary N) is 1. The second-order valence-corrected chi connectivity index (χ2v) is 4.61. The maximum Gasteiger partial charge on any atom is 0.135 e. The van der Waals surface area contributed by atoms with Crippen LogP contribution in [0.5, 0.6) is 0 Å². The van der Waals surface area contributed by atoms with E-state index in [4.69, 9.17) is 9.72 Å². The molecule has 1 aliphatic heterocycles. The van der Waals surface area contributed by atoms with Crippen molar-refractivity contribution in [2.75, 3.05) is 6.61 Å². The summed E-state index contributed by atoms with van der Waals surface area (Å²) in [6.07, 6.45) is 8.78. The molecule has 1 aliphatic carbocycles. The van der Waals surface area contributed by atoms with Crippen molar-refractivity contribution in [1.82, 2.24) is 9.97 Å². The Bertz CT molecular complexity index is 316. The van der Waals surface area contributed by atoms with E-state index in [2.05, 4.69) is 4.98 Å². The quantitative estimate of drug-likeness (QED) is 0.766. The molecule has 0 radical (unpaired) electrons. The molecule has 82 valence electrons. The molecular formula is C12H18N2O. The zero-order valence-electron chi connectivity index (χ0n) is 9.09. The molecule has 0 bridgehead atoms. The van der Waals surface area contributed by atoms with Crippen molar-refractivity contribution in [2.24, 2.45) is 0 Å². The van der Waals surface area contributed by atoms with Crippen LogP contribution in [0.25, 0.3) is 0 Å². The van der Waals surface area contributed by atoms with E-state index in [1.54, 1.807) is 0 Å². The number of H-pyrrole nitrogens is 1. The minimum absolute atomic E-state index is 0.240. The monoisotopic (exact) mass is 206 g/mol. The number of hydrogen-bond donors (Lipinski definition) is 1. The average Bonchev–Trinajstić information content (AvgIpc) is 2.74. The summed E-state index contributed by atoms with van der Waals surface area (Å²) >= 11 is 0. The van der Waals surface area contributed by atoms with Crippen LogP contribution < -0.4 is 0 Å². The van der Waals surface area contributed by atoms with E-state index in [1.165, 1.54) is 43.5 Å². The second kappa shape index (κ2) is 3.97. The molecule has 1 unspecified atom stereocenters. The fourth-order valence-electron chi connectivity index (χ4n) is 2.58. The van der Waals surface area contributed by atoms with Gasteiger partial charge in [0, 0.05) is 12.3 Å². The van der Waals surface area contributed by atoms with Crippen molar-refractivity contribution in [3.05, 3.63) is 17.2 Å². The number of aromatic amines is 1. The highest BCUT2D eigenvalue weighted by atomic mass is 16.5. The fraction of sp³-hybridized carbons (Fsp3) is 0.750. The summed E-state index contributed by atoms with van der Waals surface area (Å²) in [5.74, 6) is 1.08. The van der Waals surface area contributed by atoms with Gasteiger partial charge in [-0.1, -0.05) is 0 Å². The molecule has 1 aromatic heterocycles. The SMILES string of the molecule is C1CCC(c2nc3c([nH]2)CCCC3)OC1. The van der Waals surface area contributed by atoms with E-state index in [0.717, 1.165) is 25.3 Å². The van der Waals surface area contributed by atoms with Gasteiger partial charge in [0.15, 0.2) is 0 Å². The van der Waals surface area contributed by atoms with Gasteiger partial charge < -0.3 is 9.72 Å². The Balaban J connectivity index is 1.82. The number of aromatic nitrogens is 2. The van der Waals surface area contributed by atoms with Crippen LogP contribution in [0.3, 0.4) is 0 Å². The van der Waals surface area contributed by atoms with Crippen molar-refractivity contribution in [2.45, 2.75) is 51.0 Å². The predicted octanol–water partition coefficient (Wildman–Crippen LogP) is 2.53. The Hall–Kier alpha value is -0.830. The normalized spacial score (nSPS) is 26.3. The number of rotatable bonds is 1. The Morgan fingerprint density at radius 3 is 2.87 bits per heavy atom. The minimum Gasteiger partial charge on any atom is -0.370 e. The van der Waals surface area contributed by atoms with E-state index in [1.807, 2.05) is 0 Å². The van der Waals surface area contributed by atoms with Crippen LogP contribution in [0.1, 0.15) is 55.4 Å². The molecule has 15 heavy (non-hydrogen) atoms. The fourth-order valence-corrected chi connectivity index (χ4v) is 2.58. The number of hydrogen-bond acceptors (Lipinski definition) is 2. The molecule has 2 aliphatic rings.